The molecule has 6 heteroatoms. The molecule has 1 aromatic carbocycles. The molecule has 0 radical (unpaired) electrons. The third-order valence-corrected chi connectivity index (χ3v) is 3.30. The fraction of sp³-hybridized carbons (Fsp3) is 0.267. The van der Waals surface area contributed by atoms with Gasteiger partial charge in [0, 0.05) is 17.6 Å². The van der Waals surface area contributed by atoms with Crippen molar-refractivity contribution in [2.45, 2.75) is 19.9 Å². The Bertz CT molecular complexity index is 733. The topological polar surface area (TPSA) is 70.7 Å². The molecule has 0 saturated carbocycles. The minimum absolute atomic E-state index is 0.198. The van der Waals surface area contributed by atoms with Crippen LogP contribution in [0.3, 0.4) is 0 Å². The van der Waals surface area contributed by atoms with E-state index in [1.807, 2.05) is 6.07 Å². The lowest BCUT2D eigenvalue weighted by Crippen LogP contribution is -2.23. The lowest BCUT2D eigenvalue weighted by atomic mass is 10.1. The molecule has 2 rings (SSSR count). The van der Waals surface area contributed by atoms with Gasteiger partial charge in [-0.2, -0.15) is 10.4 Å². The quantitative estimate of drug-likeness (QED) is 0.921. The maximum Gasteiger partial charge on any atom is 0.269 e. The van der Waals surface area contributed by atoms with E-state index in [2.05, 4.69) is 17.3 Å². The average molecular weight is 303 g/mol. The molecule has 0 bridgehead atoms. The van der Waals surface area contributed by atoms with E-state index in [4.69, 9.17) is 16.9 Å². The molecule has 1 N–H and O–H groups in total. The standard InChI is InChI=1S/C15H15ClN4O/c1-2-5-18-13-7-15(21)20(19-9-13)10-12-4-3-11(8-17)6-14(12)16/h3-4,6-7,9,18H,2,5,10H2,1H3. The Labute approximate surface area is 127 Å². The summed E-state index contributed by atoms with van der Waals surface area (Å²) in [4.78, 5) is 12.0. The number of rotatable bonds is 5. The van der Waals surface area contributed by atoms with Gasteiger partial charge < -0.3 is 5.32 Å². The highest BCUT2D eigenvalue weighted by Gasteiger charge is 2.06. The van der Waals surface area contributed by atoms with Crippen LogP contribution in [0.4, 0.5) is 5.69 Å². The maximum absolute atomic E-state index is 12.0. The molecule has 0 fully saturated rings. The molecule has 0 amide bonds. The third kappa shape index (κ3) is 3.83. The Balaban J connectivity index is 2.20. The van der Waals surface area contributed by atoms with Gasteiger partial charge in [0.25, 0.3) is 5.56 Å². The minimum Gasteiger partial charge on any atom is -0.384 e. The molecule has 0 aliphatic rings. The van der Waals surface area contributed by atoms with Crippen LogP contribution in [0, 0.1) is 11.3 Å². The molecule has 2 aromatic rings. The number of nitrogens with zero attached hydrogens (tertiary/aromatic N) is 3. The van der Waals surface area contributed by atoms with Crippen LogP contribution < -0.4 is 10.9 Å². The van der Waals surface area contributed by atoms with Crippen molar-refractivity contribution in [2.75, 3.05) is 11.9 Å². The second-order valence-corrected chi connectivity index (χ2v) is 4.99. The van der Waals surface area contributed by atoms with E-state index in [9.17, 15) is 4.79 Å². The summed E-state index contributed by atoms with van der Waals surface area (Å²) in [7, 11) is 0. The molecule has 0 spiro atoms. The summed E-state index contributed by atoms with van der Waals surface area (Å²) in [5, 5.41) is 16.5. The Hall–Kier alpha value is -2.32. The SMILES string of the molecule is CCCNc1cnn(Cc2ccc(C#N)cc2Cl)c(=O)c1. The van der Waals surface area contributed by atoms with Gasteiger partial charge >= 0.3 is 0 Å². The van der Waals surface area contributed by atoms with E-state index in [0.717, 1.165) is 18.5 Å². The third-order valence-electron chi connectivity index (χ3n) is 2.95. The summed E-state index contributed by atoms with van der Waals surface area (Å²) < 4.78 is 1.34. The molecular formula is C15H15ClN4O. The maximum atomic E-state index is 12.0. The van der Waals surface area contributed by atoms with Gasteiger partial charge in [-0.3, -0.25) is 4.79 Å². The van der Waals surface area contributed by atoms with Gasteiger partial charge in [-0.25, -0.2) is 4.68 Å². The van der Waals surface area contributed by atoms with E-state index in [-0.39, 0.29) is 12.1 Å². The van der Waals surface area contributed by atoms with Gasteiger partial charge in [0.15, 0.2) is 0 Å². The second kappa shape index (κ2) is 6.91. The Morgan fingerprint density at radius 3 is 2.86 bits per heavy atom. The fourth-order valence-electron chi connectivity index (χ4n) is 1.82. The van der Waals surface area contributed by atoms with Crippen LogP contribution in [0.5, 0.6) is 0 Å². The number of nitrogens with one attached hydrogen (secondary N) is 1. The molecule has 5 nitrogen and oxygen atoms in total. The highest BCUT2D eigenvalue weighted by molar-refractivity contribution is 6.31. The van der Waals surface area contributed by atoms with E-state index in [1.165, 1.54) is 10.7 Å². The van der Waals surface area contributed by atoms with Crippen LogP contribution in [0.1, 0.15) is 24.5 Å². The second-order valence-electron chi connectivity index (χ2n) is 4.58. The zero-order chi connectivity index (χ0) is 15.2. The number of benzene rings is 1. The van der Waals surface area contributed by atoms with Gasteiger partial charge in [-0.1, -0.05) is 24.6 Å². The lowest BCUT2D eigenvalue weighted by molar-refractivity contribution is 0.639. The van der Waals surface area contributed by atoms with Gasteiger partial charge in [-0.15, -0.1) is 0 Å². The van der Waals surface area contributed by atoms with E-state index < -0.39 is 0 Å². The Morgan fingerprint density at radius 1 is 1.43 bits per heavy atom. The summed E-state index contributed by atoms with van der Waals surface area (Å²) in [5.41, 5.74) is 1.75. The first kappa shape index (κ1) is 15.1. The number of hydrogen-bond donors (Lipinski definition) is 1. The van der Waals surface area contributed by atoms with Crippen LogP contribution in [-0.2, 0) is 6.54 Å². The van der Waals surface area contributed by atoms with Crippen molar-refractivity contribution in [3.8, 4) is 6.07 Å². The molecule has 108 valence electrons. The van der Waals surface area contributed by atoms with Crippen LogP contribution >= 0.6 is 11.6 Å². The molecule has 1 heterocycles. The van der Waals surface area contributed by atoms with Crippen LogP contribution in [0.2, 0.25) is 5.02 Å². The molecule has 0 atom stereocenters. The number of halogens is 1. The summed E-state index contributed by atoms with van der Waals surface area (Å²) in [5.74, 6) is 0. The van der Waals surface area contributed by atoms with Crippen LogP contribution in [0.15, 0.2) is 35.3 Å². The molecule has 21 heavy (non-hydrogen) atoms. The van der Waals surface area contributed by atoms with Crippen molar-refractivity contribution in [2.24, 2.45) is 0 Å². The largest absolute Gasteiger partial charge is 0.384 e. The van der Waals surface area contributed by atoms with Crippen molar-refractivity contribution in [1.29, 1.82) is 5.26 Å². The van der Waals surface area contributed by atoms with E-state index >= 15 is 0 Å². The van der Waals surface area contributed by atoms with Crippen molar-refractivity contribution >= 4 is 17.3 Å². The number of nitriles is 1. The van der Waals surface area contributed by atoms with E-state index in [1.54, 1.807) is 24.4 Å². The zero-order valence-electron chi connectivity index (χ0n) is 11.6. The van der Waals surface area contributed by atoms with Gasteiger partial charge in [0.2, 0.25) is 0 Å². The number of anilines is 1. The molecule has 0 aliphatic heterocycles. The van der Waals surface area contributed by atoms with Crippen molar-refractivity contribution in [1.82, 2.24) is 9.78 Å². The van der Waals surface area contributed by atoms with E-state index in [0.29, 0.717) is 16.3 Å². The highest BCUT2D eigenvalue weighted by Crippen LogP contribution is 2.18. The molecule has 0 saturated heterocycles. The number of hydrogen-bond acceptors (Lipinski definition) is 4. The Kier molecular flexibility index (Phi) is 4.96. The Morgan fingerprint density at radius 2 is 2.24 bits per heavy atom. The predicted octanol–water partition coefficient (Wildman–Crippen LogP) is 2.64. The lowest BCUT2D eigenvalue weighted by Gasteiger charge is -2.08. The first-order valence-corrected chi connectivity index (χ1v) is 7.01. The van der Waals surface area contributed by atoms with Crippen LogP contribution in [-0.4, -0.2) is 16.3 Å². The zero-order valence-corrected chi connectivity index (χ0v) is 12.4. The molecular weight excluding hydrogens is 288 g/mol. The molecule has 1 aromatic heterocycles. The van der Waals surface area contributed by atoms with Crippen LogP contribution in [0.25, 0.3) is 0 Å². The average Bonchev–Trinajstić information content (AvgIpc) is 2.49. The summed E-state index contributed by atoms with van der Waals surface area (Å²) in [6, 6.07) is 8.52. The summed E-state index contributed by atoms with van der Waals surface area (Å²) in [6.07, 6.45) is 2.60. The molecule has 0 unspecified atom stereocenters. The summed E-state index contributed by atoms with van der Waals surface area (Å²) >= 11 is 6.10. The van der Waals surface area contributed by atoms with Crippen molar-refractivity contribution < 1.29 is 0 Å². The minimum atomic E-state index is -0.198. The first-order chi connectivity index (χ1) is 10.1. The van der Waals surface area contributed by atoms with Crippen molar-refractivity contribution in [3.63, 3.8) is 0 Å². The predicted molar refractivity (Wildman–Crippen MR) is 82.5 cm³/mol. The van der Waals surface area contributed by atoms with Crippen molar-refractivity contribution in [3.05, 3.63) is 57.0 Å². The summed E-state index contributed by atoms with van der Waals surface area (Å²) in [6.45, 7) is 3.12. The monoisotopic (exact) mass is 302 g/mol. The molecule has 0 aliphatic carbocycles. The van der Waals surface area contributed by atoms with Gasteiger partial charge in [0.05, 0.1) is 30.1 Å². The first-order valence-electron chi connectivity index (χ1n) is 6.63. The number of aromatic nitrogens is 2. The normalized spacial score (nSPS) is 10.1. The van der Waals surface area contributed by atoms with Gasteiger partial charge in [-0.05, 0) is 24.1 Å². The smallest absolute Gasteiger partial charge is 0.269 e. The van der Waals surface area contributed by atoms with Gasteiger partial charge in [0.1, 0.15) is 0 Å². The highest BCUT2D eigenvalue weighted by atomic mass is 35.5. The fourth-order valence-corrected chi connectivity index (χ4v) is 2.07.